The van der Waals surface area contributed by atoms with E-state index in [0.717, 1.165) is 24.0 Å². The monoisotopic (exact) mass is 330 g/mol. The van der Waals surface area contributed by atoms with Gasteiger partial charge in [0.2, 0.25) is 0 Å². The number of carbonyl (C=O) groups is 1. The van der Waals surface area contributed by atoms with Gasteiger partial charge in [-0.25, -0.2) is 0 Å². The van der Waals surface area contributed by atoms with Crippen LogP contribution in [0.4, 0.5) is 0 Å². The number of benzene rings is 2. The van der Waals surface area contributed by atoms with Gasteiger partial charge in [0.15, 0.2) is 5.78 Å². The van der Waals surface area contributed by atoms with Crippen LogP contribution < -0.4 is 0 Å². The van der Waals surface area contributed by atoms with Crippen molar-refractivity contribution in [1.29, 1.82) is 0 Å². The molecule has 120 valence electrons. The maximum Gasteiger partial charge on any atom is 0.185 e. The number of unbranched alkanes of at least 4 members (excludes halogenated alkanes) is 1. The van der Waals surface area contributed by atoms with E-state index in [1.807, 2.05) is 0 Å². The van der Waals surface area contributed by atoms with Crippen LogP contribution in [-0.2, 0) is 6.42 Å². The third-order valence-corrected chi connectivity index (χ3v) is 3.78. The smallest absolute Gasteiger partial charge is 0.185 e. The SMILES string of the molecule is O=C(C=Cc1ccc(O)cc1CCCCO)c1ccc(Cl)cc1. The molecule has 0 aliphatic rings. The lowest BCUT2D eigenvalue weighted by Crippen LogP contribution is -1.95. The van der Waals surface area contributed by atoms with Crippen LogP contribution >= 0.6 is 11.6 Å². The van der Waals surface area contributed by atoms with E-state index < -0.39 is 0 Å². The molecule has 0 aliphatic heterocycles. The molecule has 0 aromatic heterocycles. The average molecular weight is 331 g/mol. The van der Waals surface area contributed by atoms with E-state index >= 15 is 0 Å². The van der Waals surface area contributed by atoms with E-state index in [1.165, 1.54) is 6.08 Å². The normalized spacial score (nSPS) is 11.0. The van der Waals surface area contributed by atoms with Crippen molar-refractivity contribution in [3.63, 3.8) is 0 Å². The largest absolute Gasteiger partial charge is 0.508 e. The van der Waals surface area contributed by atoms with Gasteiger partial charge < -0.3 is 10.2 Å². The highest BCUT2D eigenvalue weighted by Crippen LogP contribution is 2.20. The molecule has 0 heterocycles. The van der Waals surface area contributed by atoms with Gasteiger partial charge in [-0.2, -0.15) is 0 Å². The van der Waals surface area contributed by atoms with E-state index in [-0.39, 0.29) is 18.1 Å². The zero-order valence-electron chi connectivity index (χ0n) is 12.7. The summed E-state index contributed by atoms with van der Waals surface area (Å²) >= 11 is 5.81. The topological polar surface area (TPSA) is 57.5 Å². The first-order chi connectivity index (χ1) is 11.1. The van der Waals surface area contributed by atoms with Crippen LogP contribution in [0, 0.1) is 0 Å². The Hall–Kier alpha value is -2.10. The van der Waals surface area contributed by atoms with Crippen molar-refractivity contribution in [2.75, 3.05) is 6.61 Å². The number of allylic oxidation sites excluding steroid dienone is 1. The number of carbonyl (C=O) groups excluding carboxylic acids is 1. The third kappa shape index (κ3) is 5.23. The fourth-order valence-electron chi connectivity index (χ4n) is 2.27. The van der Waals surface area contributed by atoms with E-state index in [0.29, 0.717) is 17.0 Å². The standard InChI is InChI=1S/C19H19ClO3/c20-17-8-4-15(5-9-17)19(23)11-7-14-6-10-18(22)13-16(14)3-1-2-12-21/h4-11,13,21-22H,1-3,12H2. The zero-order valence-corrected chi connectivity index (χ0v) is 13.5. The minimum Gasteiger partial charge on any atom is -0.508 e. The van der Waals surface area contributed by atoms with Crippen molar-refractivity contribution in [2.24, 2.45) is 0 Å². The Morgan fingerprint density at radius 2 is 1.83 bits per heavy atom. The summed E-state index contributed by atoms with van der Waals surface area (Å²) in [7, 11) is 0. The number of aliphatic hydroxyl groups excluding tert-OH is 1. The summed E-state index contributed by atoms with van der Waals surface area (Å²) in [6.45, 7) is 0.152. The molecule has 2 N–H and O–H groups in total. The summed E-state index contributed by atoms with van der Waals surface area (Å²) in [4.78, 5) is 12.2. The van der Waals surface area contributed by atoms with Gasteiger partial charge in [-0.1, -0.05) is 23.7 Å². The Morgan fingerprint density at radius 1 is 1.09 bits per heavy atom. The van der Waals surface area contributed by atoms with Crippen LogP contribution in [-0.4, -0.2) is 22.6 Å². The van der Waals surface area contributed by atoms with Gasteiger partial charge >= 0.3 is 0 Å². The Labute approximate surface area is 140 Å². The van der Waals surface area contributed by atoms with Gasteiger partial charge in [-0.05, 0) is 72.9 Å². The fourth-order valence-corrected chi connectivity index (χ4v) is 2.40. The Morgan fingerprint density at radius 3 is 2.52 bits per heavy atom. The van der Waals surface area contributed by atoms with Crippen molar-refractivity contribution in [3.05, 3.63) is 70.3 Å². The molecule has 0 unspecified atom stereocenters. The van der Waals surface area contributed by atoms with Crippen LogP contribution in [0.3, 0.4) is 0 Å². The maximum absolute atomic E-state index is 12.2. The van der Waals surface area contributed by atoms with Crippen LogP contribution in [0.1, 0.15) is 34.3 Å². The molecule has 0 spiro atoms. The number of phenolic OH excluding ortho intramolecular Hbond substituents is 1. The van der Waals surface area contributed by atoms with Gasteiger partial charge in [-0.15, -0.1) is 0 Å². The number of phenols is 1. The summed E-state index contributed by atoms with van der Waals surface area (Å²) in [5.74, 6) is 0.0984. The van der Waals surface area contributed by atoms with E-state index in [9.17, 15) is 9.90 Å². The van der Waals surface area contributed by atoms with Crippen LogP contribution in [0.5, 0.6) is 5.75 Å². The van der Waals surface area contributed by atoms with Crippen molar-refractivity contribution in [1.82, 2.24) is 0 Å². The second-order valence-corrected chi connectivity index (χ2v) is 5.70. The summed E-state index contributed by atoms with van der Waals surface area (Å²) in [6.07, 6.45) is 5.55. The van der Waals surface area contributed by atoms with Crippen molar-refractivity contribution < 1.29 is 15.0 Å². The number of aliphatic hydroxyl groups is 1. The fraction of sp³-hybridized carbons (Fsp3) is 0.211. The Balaban J connectivity index is 2.14. The predicted octanol–water partition coefficient (Wildman–Crippen LogP) is 4.26. The molecular formula is C19H19ClO3. The highest BCUT2D eigenvalue weighted by molar-refractivity contribution is 6.30. The predicted molar refractivity (Wildman–Crippen MR) is 92.9 cm³/mol. The molecule has 4 heteroatoms. The van der Waals surface area contributed by atoms with E-state index in [1.54, 1.807) is 48.5 Å². The van der Waals surface area contributed by atoms with Crippen molar-refractivity contribution in [2.45, 2.75) is 19.3 Å². The molecule has 0 amide bonds. The molecule has 0 aliphatic carbocycles. The first-order valence-electron chi connectivity index (χ1n) is 7.51. The molecule has 0 fully saturated rings. The third-order valence-electron chi connectivity index (χ3n) is 3.52. The first kappa shape index (κ1) is 17.3. The molecule has 2 rings (SSSR count). The lowest BCUT2D eigenvalue weighted by atomic mass is 10.00. The van der Waals surface area contributed by atoms with Gasteiger partial charge in [0.1, 0.15) is 5.75 Å². The molecule has 0 radical (unpaired) electrons. The summed E-state index contributed by atoms with van der Waals surface area (Å²) in [6, 6.07) is 11.8. The lowest BCUT2D eigenvalue weighted by Gasteiger charge is -2.06. The Kier molecular flexibility index (Phi) is 6.39. The van der Waals surface area contributed by atoms with E-state index in [2.05, 4.69) is 0 Å². The number of aryl methyl sites for hydroxylation is 1. The second kappa shape index (κ2) is 8.51. The summed E-state index contributed by atoms with van der Waals surface area (Å²) < 4.78 is 0. The molecule has 0 saturated carbocycles. The minimum atomic E-state index is -0.101. The number of ketones is 1. The quantitative estimate of drug-likeness (QED) is 0.453. The average Bonchev–Trinajstić information content (AvgIpc) is 2.54. The number of rotatable bonds is 7. The minimum absolute atomic E-state index is 0.101. The Bertz CT molecular complexity index is 690. The van der Waals surface area contributed by atoms with Gasteiger partial charge in [0.25, 0.3) is 0 Å². The molecular weight excluding hydrogens is 312 g/mol. The number of halogens is 1. The molecule has 23 heavy (non-hydrogen) atoms. The molecule has 2 aromatic carbocycles. The van der Waals surface area contributed by atoms with Crippen LogP contribution in [0.15, 0.2) is 48.5 Å². The van der Waals surface area contributed by atoms with Crippen molar-refractivity contribution in [3.8, 4) is 5.75 Å². The molecule has 0 atom stereocenters. The summed E-state index contributed by atoms with van der Waals surface area (Å²) in [5.41, 5.74) is 2.42. The number of aromatic hydroxyl groups is 1. The maximum atomic E-state index is 12.2. The van der Waals surface area contributed by atoms with Crippen LogP contribution in [0.25, 0.3) is 6.08 Å². The lowest BCUT2D eigenvalue weighted by molar-refractivity contribution is 0.104. The molecule has 3 nitrogen and oxygen atoms in total. The van der Waals surface area contributed by atoms with Gasteiger partial charge in [0.05, 0.1) is 0 Å². The summed E-state index contributed by atoms with van der Waals surface area (Å²) in [5, 5.41) is 19.1. The second-order valence-electron chi connectivity index (χ2n) is 5.27. The van der Waals surface area contributed by atoms with Gasteiger partial charge in [0, 0.05) is 17.2 Å². The highest BCUT2D eigenvalue weighted by atomic mass is 35.5. The number of hydrogen-bond donors (Lipinski definition) is 2. The van der Waals surface area contributed by atoms with Crippen molar-refractivity contribution >= 4 is 23.5 Å². The zero-order chi connectivity index (χ0) is 16.7. The van der Waals surface area contributed by atoms with Gasteiger partial charge in [-0.3, -0.25) is 4.79 Å². The molecule has 2 aromatic rings. The molecule has 0 bridgehead atoms. The van der Waals surface area contributed by atoms with Crippen LogP contribution in [0.2, 0.25) is 5.02 Å². The first-order valence-corrected chi connectivity index (χ1v) is 7.88. The number of hydrogen-bond acceptors (Lipinski definition) is 3. The molecule has 0 saturated heterocycles. The van der Waals surface area contributed by atoms with E-state index in [4.69, 9.17) is 16.7 Å². The highest BCUT2D eigenvalue weighted by Gasteiger charge is 2.04.